The summed E-state index contributed by atoms with van der Waals surface area (Å²) in [5, 5.41) is 3.49. The Kier molecular flexibility index (Phi) is 4.94. The molecule has 21 heavy (non-hydrogen) atoms. The SMILES string of the molecule is CCOc1ccc(NC(=O)c2ccc(Cl)cc2Cl)cc1N. The van der Waals surface area contributed by atoms with Crippen molar-refractivity contribution in [3.63, 3.8) is 0 Å². The van der Waals surface area contributed by atoms with Crippen molar-refractivity contribution in [2.45, 2.75) is 6.92 Å². The Morgan fingerprint density at radius 3 is 2.62 bits per heavy atom. The van der Waals surface area contributed by atoms with Crippen LogP contribution < -0.4 is 15.8 Å². The third kappa shape index (κ3) is 3.80. The van der Waals surface area contributed by atoms with Crippen LogP contribution in [0.4, 0.5) is 11.4 Å². The fraction of sp³-hybridized carbons (Fsp3) is 0.133. The van der Waals surface area contributed by atoms with Gasteiger partial charge in [0.1, 0.15) is 5.75 Å². The van der Waals surface area contributed by atoms with Gasteiger partial charge in [0, 0.05) is 10.7 Å². The van der Waals surface area contributed by atoms with E-state index >= 15 is 0 Å². The number of rotatable bonds is 4. The average molecular weight is 325 g/mol. The molecule has 0 heterocycles. The molecule has 0 aliphatic carbocycles. The first-order valence-corrected chi connectivity index (χ1v) is 7.05. The van der Waals surface area contributed by atoms with Crippen LogP contribution in [0.3, 0.4) is 0 Å². The Hall–Kier alpha value is -1.91. The number of anilines is 2. The minimum Gasteiger partial charge on any atom is -0.492 e. The van der Waals surface area contributed by atoms with E-state index in [0.29, 0.717) is 39.3 Å². The quantitative estimate of drug-likeness (QED) is 0.827. The van der Waals surface area contributed by atoms with E-state index in [1.807, 2.05) is 6.92 Å². The van der Waals surface area contributed by atoms with Crippen molar-refractivity contribution >= 4 is 40.5 Å². The highest BCUT2D eigenvalue weighted by molar-refractivity contribution is 6.37. The third-order valence-corrected chi connectivity index (χ3v) is 3.29. The minimum absolute atomic E-state index is 0.291. The summed E-state index contributed by atoms with van der Waals surface area (Å²) in [6, 6.07) is 9.74. The van der Waals surface area contributed by atoms with Crippen molar-refractivity contribution in [3.8, 4) is 5.75 Å². The fourth-order valence-electron chi connectivity index (χ4n) is 1.79. The van der Waals surface area contributed by atoms with Gasteiger partial charge in [-0.25, -0.2) is 0 Å². The number of nitrogen functional groups attached to an aromatic ring is 1. The van der Waals surface area contributed by atoms with E-state index in [0.717, 1.165) is 0 Å². The van der Waals surface area contributed by atoms with Crippen LogP contribution in [0.15, 0.2) is 36.4 Å². The maximum absolute atomic E-state index is 12.2. The van der Waals surface area contributed by atoms with Crippen molar-refractivity contribution in [2.24, 2.45) is 0 Å². The first kappa shape index (κ1) is 15.5. The van der Waals surface area contributed by atoms with Gasteiger partial charge < -0.3 is 15.8 Å². The summed E-state index contributed by atoms with van der Waals surface area (Å²) < 4.78 is 5.34. The number of ether oxygens (including phenoxy) is 1. The van der Waals surface area contributed by atoms with Crippen molar-refractivity contribution in [3.05, 3.63) is 52.0 Å². The normalized spacial score (nSPS) is 10.2. The molecule has 0 aliphatic rings. The highest BCUT2D eigenvalue weighted by atomic mass is 35.5. The minimum atomic E-state index is -0.333. The van der Waals surface area contributed by atoms with Crippen molar-refractivity contribution < 1.29 is 9.53 Å². The molecule has 1 amide bonds. The largest absolute Gasteiger partial charge is 0.492 e. The Morgan fingerprint density at radius 2 is 2.00 bits per heavy atom. The van der Waals surface area contributed by atoms with Gasteiger partial charge in [-0.15, -0.1) is 0 Å². The number of hydrogen-bond acceptors (Lipinski definition) is 3. The van der Waals surface area contributed by atoms with Crippen LogP contribution in [0.25, 0.3) is 0 Å². The molecule has 0 aliphatic heterocycles. The predicted molar refractivity (Wildman–Crippen MR) is 86.4 cm³/mol. The van der Waals surface area contributed by atoms with E-state index in [2.05, 4.69) is 5.32 Å². The van der Waals surface area contributed by atoms with Crippen molar-refractivity contribution in [1.82, 2.24) is 0 Å². The van der Waals surface area contributed by atoms with Crippen molar-refractivity contribution in [1.29, 1.82) is 0 Å². The maximum atomic E-state index is 12.2. The second-order valence-electron chi connectivity index (χ2n) is 4.26. The molecule has 2 aromatic carbocycles. The number of amides is 1. The zero-order valence-electron chi connectivity index (χ0n) is 11.3. The van der Waals surface area contributed by atoms with Crippen LogP contribution in [0, 0.1) is 0 Å². The standard InChI is InChI=1S/C15H14Cl2N2O2/c1-2-21-14-6-4-10(8-13(14)18)19-15(20)11-5-3-9(16)7-12(11)17/h3-8H,2,18H2,1H3,(H,19,20). The Bertz CT molecular complexity index is 675. The number of nitrogens with two attached hydrogens (primary N) is 1. The lowest BCUT2D eigenvalue weighted by Crippen LogP contribution is -2.12. The van der Waals surface area contributed by atoms with Crippen molar-refractivity contribution in [2.75, 3.05) is 17.7 Å². The van der Waals surface area contributed by atoms with Crippen LogP contribution in [0.2, 0.25) is 10.0 Å². The van der Waals surface area contributed by atoms with Gasteiger partial charge in [0.25, 0.3) is 5.91 Å². The lowest BCUT2D eigenvalue weighted by atomic mass is 10.2. The Balaban J connectivity index is 2.17. The first-order valence-electron chi connectivity index (χ1n) is 6.30. The van der Waals surface area contributed by atoms with E-state index in [1.54, 1.807) is 30.3 Å². The molecule has 3 N–H and O–H groups in total. The predicted octanol–water partition coefficient (Wildman–Crippen LogP) is 4.23. The van der Waals surface area contributed by atoms with Crippen LogP contribution >= 0.6 is 23.2 Å². The molecule has 2 aromatic rings. The fourth-order valence-corrected chi connectivity index (χ4v) is 2.28. The molecule has 6 heteroatoms. The number of nitrogens with one attached hydrogen (secondary N) is 1. The zero-order valence-corrected chi connectivity index (χ0v) is 12.8. The molecular formula is C15H14Cl2N2O2. The summed E-state index contributed by atoms with van der Waals surface area (Å²) in [6.45, 7) is 2.40. The van der Waals surface area contributed by atoms with Gasteiger partial charge in [-0.05, 0) is 43.3 Å². The average Bonchev–Trinajstić information content (AvgIpc) is 2.41. The van der Waals surface area contributed by atoms with E-state index < -0.39 is 0 Å². The number of carbonyl (C=O) groups excluding carboxylic acids is 1. The van der Waals surface area contributed by atoms with E-state index in [9.17, 15) is 4.79 Å². The molecule has 0 atom stereocenters. The van der Waals surface area contributed by atoms with Crippen LogP contribution in [-0.4, -0.2) is 12.5 Å². The molecule has 0 spiro atoms. The smallest absolute Gasteiger partial charge is 0.257 e. The lowest BCUT2D eigenvalue weighted by Gasteiger charge is -2.10. The Morgan fingerprint density at radius 1 is 1.24 bits per heavy atom. The third-order valence-electron chi connectivity index (χ3n) is 2.74. The van der Waals surface area contributed by atoms with Gasteiger partial charge in [0.2, 0.25) is 0 Å². The van der Waals surface area contributed by atoms with Gasteiger partial charge in [-0.2, -0.15) is 0 Å². The monoisotopic (exact) mass is 324 g/mol. The second-order valence-corrected chi connectivity index (χ2v) is 5.11. The molecule has 0 bridgehead atoms. The van der Waals surface area contributed by atoms with Crippen LogP contribution in [-0.2, 0) is 0 Å². The van der Waals surface area contributed by atoms with Crippen LogP contribution in [0.5, 0.6) is 5.75 Å². The highest BCUT2D eigenvalue weighted by Gasteiger charge is 2.11. The van der Waals surface area contributed by atoms with Crippen LogP contribution in [0.1, 0.15) is 17.3 Å². The molecule has 2 rings (SSSR count). The molecule has 0 saturated heterocycles. The summed E-state index contributed by atoms with van der Waals surface area (Å²) in [5.41, 5.74) is 7.21. The van der Waals surface area contributed by atoms with Gasteiger partial charge in [0.15, 0.2) is 0 Å². The maximum Gasteiger partial charge on any atom is 0.257 e. The highest BCUT2D eigenvalue weighted by Crippen LogP contribution is 2.26. The zero-order chi connectivity index (χ0) is 15.4. The topological polar surface area (TPSA) is 64.3 Å². The first-order chi connectivity index (χ1) is 10.0. The molecule has 0 aromatic heterocycles. The number of halogens is 2. The van der Waals surface area contributed by atoms with Gasteiger partial charge >= 0.3 is 0 Å². The number of carbonyl (C=O) groups is 1. The van der Waals surface area contributed by atoms with E-state index in [1.165, 1.54) is 6.07 Å². The molecule has 0 radical (unpaired) electrons. The number of benzene rings is 2. The summed E-state index contributed by atoms with van der Waals surface area (Å²) in [5.74, 6) is 0.250. The molecular weight excluding hydrogens is 311 g/mol. The second kappa shape index (κ2) is 6.70. The summed E-state index contributed by atoms with van der Waals surface area (Å²) in [7, 11) is 0. The summed E-state index contributed by atoms with van der Waals surface area (Å²) >= 11 is 11.8. The van der Waals surface area contributed by atoms with Gasteiger partial charge in [-0.3, -0.25) is 4.79 Å². The lowest BCUT2D eigenvalue weighted by molar-refractivity contribution is 0.102. The molecule has 0 saturated carbocycles. The van der Waals surface area contributed by atoms with E-state index in [-0.39, 0.29) is 5.91 Å². The molecule has 110 valence electrons. The van der Waals surface area contributed by atoms with E-state index in [4.69, 9.17) is 33.7 Å². The summed E-state index contributed by atoms with van der Waals surface area (Å²) in [6.07, 6.45) is 0. The number of hydrogen-bond donors (Lipinski definition) is 2. The van der Waals surface area contributed by atoms with Gasteiger partial charge in [-0.1, -0.05) is 23.2 Å². The molecule has 0 unspecified atom stereocenters. The Labute approximate surface area is 132 Å². The molecule has 4 nitrogen and oxygen atoms in total. The summed E-state index contributed by atoms with van der Waals surface area (Å²) in [4.78, 5) is 12.2. The molecule has 0 fully saturated rings. The van der Waals surface area contributed by atoms with Gasteiger partial charge in [0.05, 0.1) is 22.9 Å².